The molecule has 8 heteroatoms. The lowest BCUT2D eigenvalue weighted by atomic mass is 9.91. The van der Waals surface area contributed by atoms with Crippen molar-refractivity contribution in [2.45, 2.75) is 19.8 Å². The normalized spacial score (nSPS) is 11.6. The fourth-order valence-electron chi connectivity index (χ4n) is 4.43. The van der Waals surface area contributed by atoms with Gasteiger partial charge in [0.15, 0.2) is 0 Å². The van der Waals surface area contributed by atoms with Crippen molar-refractivity contribution >= 4 is 17.6 Å². The molecule has 39 heavy (non-hydrogen) atoms. The minimum absolute atomic E-state index is 0.155. The van der Waals surface area contributed by atoms with E-state index in [4.69, 9.17) is 14.5 Å². The Bertz CT molecular complexity index is 1570. The molecule has 1 unspecified atom stereocenters. The number of carbonyl (C=O) groups is 1. The molecule has 0 fully saturated rings. The number of ether oxygens (including phenoxy) is 2. The van der Waals surface area contributed by atoms with Crippen molar-refractivity contribution in [2.75, 3.05) is 19.0 Å². The number of imidazole rings is 1. The summed E-state index contributed by atoms with van der Waals surface area (Å²) in [4.78, 5) is 25.7. The Kier molecular flexibility index (Phi) is 7.63. The molecule has 2 heterocycles. The largest absolute Gasteiger partial charge is 0.494 e. The van der Waals surface area contributed by atoms with E-state index in [0.29, 0.717) is 11.7 Å². The summed E-state index contributed by atoms with van der Waals surface area (Å²) < 4.78 is 13.1. The third-order valence-electron chi connectivity index (χ3n) is 6.31. The van der Waals surface area contributed by atoms with E-state index in [2.05, 4.69) is 15.3 Å². The fourth-order valence-corrected chi connectivity index (χ4v) is 4.43. The molecule has 0 bridgehead atoms. The van der Waals surface area contributed by atoms with Gasteiger partial charge >= 0.3 is 5.97 Å². The number of hydrogen-bond acceptors (Lipinski definition) is 7. The van der Waals surface area contributed by atoms with Crippen LogP contribution < -0.4 is 10.1 Å². The molecule has 0 aliphatic heterocycles. The van der Waals surface area contributed by atoms with Crippen LogP contribution in [0.2, 0.25) is 0 Å². The van der Waals surface area contributed by atoms with Gasteiger partial charge in [0.05, 0.1) is 36.4 Å². The molecule has 0 amide bonds. The third-order valence-corrected chi connectivity index (χ3v) is 6.31. The Balaban J connectivity index is 1.55. The second-order valence-corrected chi connectivity index (χ2v) is 9.06. The van der Waals surface area contributed by atoms with Gasteiger partial charge in [-0.2, -0.15) is 0 Å². The molecule has 1 atom stereocenters. The lowest BCUT2D eigenvalue weighted by Crippen LogP contribution is -2.16. The third kappa shape index (κ3) is 5.96. The maximum atomic E-state index is 11.8. The average molecular weight is 520 g/mol. The Morgan fingerprint density at radius 2 is 1.74 bits per heavy atom. The van der Waals surface area contributed by atoms with E-state index in [1.165, 1.54) is 6.92 Å². The molecule has 2 aromatic heterocycles. The van der Waals surface area contributed by atoms with Crippen LogP contribution >= 0.6 is 0 Å². The van der Waals surface area contributed by atoms with Gasteiger partial charge in [-0.1, -0.05) is 60.7 Å². The molecule has 0 saturated carbocycles. The second-order valence-electron chi connectivity index (χ2n) is 9.06. The molecule has 0 spiro atoms. The topological polar surface area (TPSA) is 91.2 Å². The van der Waals surface area contributed by atoms with E-state index in [1.807, 2.05) is 103 Å². The van der Waals surface area contributed by atoms with Crippen molar-refractivity contribution in [1.29, 1.82) is 0 Å². The van der Waals surface area contributed by atoms with Gasteiger partial charge in [-0.25, -0.2) is 15.0 Å². The molecule has 5 rings (SSSR count). The van der Waals surface area contributed by atoms with Gasteiger partial charge in [-0.05, 0) is 30.2 Å². The van der Waals surface area contributed by atoms with Gasteiger partial charge in [0.1, 0.15) is 12.4 Å². The Morgan fingerprint density at radius 1 is 1.00 bits per heavy atom. The number of benzene rings is 3. The van der Waals surface area contributed by atoms with Gasteiger partial charge in [0.2, 0.25) is 5.95 Å². The van der Waals surface area contributed by atoms with Crippen molar-refractivity contribution in [1.82, 2.24) is 19.5 Å². The molecule has 0 aliphatic carbocycles. The summed E-state index contributed by atoms with van der Waals surface area (Å²) in [6.07, 6.45) is 5.50. The smallest absolute Gasteiger partial charge is 0.302 e. The van der Waals surface area contributed by atoms with Gasteiger partial charge in [-0.15, -0.1) is 0 Å². The Labute approximate surface area is 227 Å². The van der Waals surface area contributed by atoms with Crippen LogP contribution in [0.25, 0.3) is 16.8 Å². The zero-order valence-electron chi connectivity index (χ0n) is 22.0. The number of rotatable bonds is 9. The number of anilines is 2. The average Bonchev–Trinajstić information content (AvgIpc) is 3.40. The summed E-state index contributed by atoms with van der Waals surface area (Å²) in [7, 11) is 1.63. The first-order valence-electron chi connectivity index (χ1n) is 12.6. The van der Waals surface area contributed by atoms with Crippen LogP contribution in [-0.4, -0.2) is 39.2 Å². The van der Waals surface area contributed by atoms with Crippen molar-refractivity contribution in [3.8, 4) is 22.6 Å². The number of carbonyl (C=O) groups excluding carboxylic acids is 1. The summed E-state index contributed by atoms with van der Waals surface area (Å²) >= 11 is 0. The first-order chi connectivity index (χ1) is 19.0. The van der Waals surface area contributed by atoms with E-state index in [-0.39, 0.29) is 18.5 Å². The zero-order valence-corrected chi connectivity index (χ0v) is 22.0. The van der Waals surface area contributed by atoms with Crippen LogP contribution in [0.4, 0.5) is 11.6 Å². The Morgan fingerprint density at radius 3 is 2.41 bits per heavy atom. The highest BCUT2D eigenvalue weighted by Crippen LogP contribution is 2.34. The number of nitrogens with zero attached hydrogens (tertiary/aromatic N) is 4. The van der Waals surface area contributed by atoms with Crippen molar-refractivity contribution in [3.63, 3.8) is 0 Å². The molecular formula is C31H29N5O3. The molecular weight excluding hydrogens is 490 g/mol. The monoisotopic (exact) mass is 519 g/mol. The first kappa shape index (κ1) is 25.7. The van der Waals surface area contributed by atoms with Crippen molar-refractivity contribution < 1.29 is 14.3 Å². The Hall–Kier alpha value is -4.98. The number of methoxy groups -OCH3 is 1. The summed E-state index contributed by atoms with van der Waals surface area (Å²) in [5.41, 5.74) is 6.14. The van der Waals surface area contributed by atoms with E-state index in [0.717, 1.165) is 39.5 Å². The molecule has 5 aromatic rings. The van der Waals surface area contributed by atoms with Crippen molar-refractivity contribution in [3.05, 3.63) is 115 Å². The number of esters is 1. The summed E-state index contributed by atoms with van der Waals surface area (Å²) in [6, 6.07) is 25.7. The quantitative estimate of drug-likeness (QED) is 0.236. The van der Waals surface area contributed by atoms with E-state index >= 15 is 0 Å². The number of nitrogens with one attached hydrogen (secondary N) is 1. The van der Waals surface area contributed by atoms with Crippen LogP contribution in [0.1, 0.15) is 29.8 Å². The lowest BCUT2D eigenvalue weighted by Gasteiger charge is -2.21. The predicted molar refractivity (Wildman–Crippen MR) is 151 cm³/mol. The van der Waals surface area contributed by atoms with E-state index in [1.54, 1.807) is 13.4 Å². The highest BCUT2D eigenvalue weighted by atomic mass is 16.5. The van der Waals surface area contributed by atoms with Gasteiger partial charge in [0, 0.05) is 36.6 Å². The highest BCUT2D eigenvalue weighted by molar-refractivity contribution is 5.69. The molecule has 1 N–H and O–H groups in total. The van der Waals surface area contributed by atoms with Gasteiger partial charge in [-0.3, -0.25) is 4.79 Å². The summed E-state index contributed by atoms with van der Waals surface area (Å²) in [5.74, 6) is 0.456. The molecule has 0 saturated heterocycles. The van der Waals surface area contributed by atoms with Crippen molar-refractivity contribution in [2.24, 2.45) is 0 Å². The van der Waals surface area contributed by atoms with Crippen LogP contribution in [0.3, 0.4) is 0 Å². The minimum Gasteiger partial charge on any atom is -0.494 e. The van der Waals surface area contributed by atoms with Gasteiger partial charge in [0.25, 0.3) is 0 Å². The number of aromatic nitrogens is 4. The zero-order chi connectivity index (χ0) is 27.2. The minimum atomic E-state index is -0.343. The number of aryl methyl sites for hydroxylation is 1. The SMILES string of the molecule is COc1cc(Nc2ncc(-c3ccccc3)c(C(COC(C)=O)c3ccccc3)n2)ccc1-n1cnc(C)c1. The van der Waals surface area contributed by atoms with Crippen LogP contribution in [0, 0.1) is 6.92 Å². The predicted octanol–water partition coefficient (Wildman–Crippen LogP) is 6.08. The van der Waals surface area contributed by atoms with Crippen LogP contribution in [0.15, 0.2) is 97.6 Å². The maximum Gasteiger partial charge on any atom is 0.302 e. The van der Waals surface area contributed by atoms with Crippen LogP contribution in [-0.2, 0) is 9.53 Å². The first-order valence-corrected chi connectivity index (χ1v) is 12.6. The molecule has 3 aromatic carbocycles. The molecule has 0 aliphatic rings. The lowest BCUT2D eigenvalue weighted by molar-refractivity contribution is -0.141. The van der Waals surface area contributed by atoms with E-state index in [9.17, 15) is 4.79 Å². The van der Waals surface area contributed by atoms with Gasteiger partial charge < -0.3 is 19.4 Å². The fraction of sp³-hybridized carbons (Fsp3) is 0.161. The highest BCUT2D eigenvalue weighted by Gasteiger charge is 2.23. The summed E-state index contributed by atoms with van der Waals surface area (Å²) in [6.45, 7) is 3.51. The number of hydrogen-bond donors (Lipinski definition) is 1. The second kappa shape index (κ2) is 11.6. The summed E-state index contributed by atoms with van der Waals surface area (Å²) in [5, 5.41) is 3.32. The standard InChI is InChI=1S/C31H29N5O3/c1-21-18-36(20-33-21)28-15-14-25(16-29(28)38-3)34-31-32-17-26(23-10-6-4-7-11-23)30(35-31)27(19-39-22(2)37)24-12-8-5-9-13-24/h4-18,20,27H,19H2,1-3H3,(H,32,34,35). The molecule has 8 nitrogen and oxygen atoms in total. The molecule has 196 valence electrons. The van der Waals surface area contributed by atoms with Crippen LogP contribution in [0.5, 0.6) is 5.75 Å². The molecule has 0 radical (unpaired) electrons. The van der Waals surface area contributed by atoms with E-state index < -0.39 is 0 Å². The maximum absolute atomic E-state index is 11.8.